The zero-order valence-corrected chi connectivity index (χ0v) is 8.97. The van der Waals surface area contributed by atoms with E-state index >= 15 is 0 Å². The number of nitrogens with zero attached hydrogens (tertiary/aromatic N) is 3. The number of nitrogens with two attached hydrogens (primary N) is 1. The first kappa shape index (κ1) is 9.59. The van der Waals surface area contributed by atoms with Gasteiger partial charge in [-0.1, -0.05) is 0 Å². The number of hydrogen-bond acceptors (Lipinski definition) is 4. The quantitative estimate of drug-likeness (QED) is 0.791. The van der Waals surface area contributed by atoms with Crippen molar-refractivity contribution in [2.45, 2.75) is 25.5 Å². The summed E-state index contributed by atoms with van der Waals surface area (Å²) in [7, 11) is 0. The van der Waals surface area contributed by atoms with Crippen LogP contribution in [0.2, 0.25) is 0 Å². The van der Waals surface area contributed by atoms with Gasteiger partial charge in [0.2, 0.25) is 0 Å². The second kappa shape index (κ2) is 3.75. The van der Waals surface area contributed by atoms with Gasteiger partial charge < -0.3 is 10.5 Å². The van der Waals surface area contributed by atoms with Crippen molar-refractivity contribution in [3.05, 3.63) is 18.5 Å². The van der Waals surface area contributed by atoms with E-state index in [1.807, 2.05) is 10.7 Å². The topological polar surface area (TPSA) is 66.0 Å². The van der Waals surface area contributed by atoms with Crippen LogP contribution in [0.5, 0.6) is 0 Å². The third-order valence-corrected chi connectivity index (χ3v) is 2.97. The van der Waals surface area contributed by atoms with Crippen LogP contribution in [-0.4, -0.2) is 21.4 Å². The molecule has 0 saturated carbocycles. The molecule has 0 bridgehead atoms. The van der Waals surface area contributed by atoms with E-state index in [4.69, 9.17) is 10.5 Å². The van der Waals surface area contributed by atoms with Crippen LogP contribution in [0.25, 0.3) is 10.9 Å². The predicted octanol–water partition coefficient (Wildman–Crippen LogP) is 1.71. The Labute approximate surface area is 93.2 Å². The Morgan fingerprint density at radius 2 is 2.38 bits per heavy atom. The molecule has 1 atom stereocenters. The van der Waals surface area contributed by atoms with Crippen molar-refractivity contribution >= 4 is 16.7 Å². The first-order valence-corrected chi connectivity index (χ1v) is 5.55. The molecule has 1 fully saturated rings. The lowest BCUT2D eigenvalue weighted by Crippen LogP contribution is -2.19. The molecule has 3 heterocycles. The molecule has 0 radical (unpaired) electrons. The number of anilines is 1. The first-order valence-electron chi connectivity index (χ1n) is 5.55. The highest BCUT2D eigenvalue weighted by molar-refractivity contribution is 5.88. The molecule has 5 heteroatoms. The summed E-state index contributed by atoms with van der Waals surface area (Å²) in [6, 6.07) is 1.89. The van der Waals surface area contributed by atoms with E-state index in [2.05, 4.69) is 10.1 Å². The molecule has 2 aromatic rings. The Bertz CT molecular complexity index is 502. The second-order valence-corrected chi connectivity index (χ2v) is 4.04. The van der Waals surface area contributed by atoms with Crippen molar-refractivity contribution in [3.8, 4) is 0 Å². The van der Waals surface area contributed by atoms with Crippen LogP contribution in [-0.2, 0) is 4.74 Å². The van der Waals surface area contributed by atoms with Crippen molar-refractivity contribution in [1.29, 1.82) is 0 Å². The minimum atomic E-state index is 0.0118. The Morgan fingerprint density at radius 3 is 3.19 bits per heavy atom. The first-order chi connectivity index (χ1) is 7.86. The maximum absolute atomic E-state index is 5.87. The van der Waals surface area contributed by atoms with Crippen LogP contribution in [0.3, 0.4) is 0 Å². The molecule has 1 unspecified atom stereocenters. The fourth-order valence-electron chi connectivity index (χ4n) is 2.15. The second-order valence-electron chi connectivity index (χ2n) is 4.04. The summed E-state index contributed by atoms with van der Waals surface area (Å²) in [6.07, 6.45) is 6.82. The molecule has 1 aliphatic heterocycles. The van der Waals surface area contributed by atoms with Gasteiger partial charge in [0.05, 0.1) is 11.7 Å². The smallest absolute Gasteiger partial charge is 0.153 e. The number of pyridine rings is 1. The Kier molecular flexibility index (Phi) is 2.25. The maximum Gasteiger partial charge on any atom is 0.153 e. The van der Waals surface area contributed by atoms with Crippen LogP contribution in [0, 0.1) is 0 Å². The van der Waals surface area contributed by atoms with Gasteiger partial charge in [-0.3, -0.25) is 4.98 Å². The molecule has 84 valence electrons. The Morgan fingerprint density at radius 1 is 1.44 bits per heavy atom. The molecule has 16 heavy (non-hydrogen) atoms. The van der Waals surface area contributed by atoms with Gasteiger partial charge >= 0.3 is 0 Å². The molecule has 3 rings (SSSR count). The van der Waals surface area contributed by atoms with Gasteiger partial charge in [-0.25, -0.2) is 4.68 Å². The van der Waals surface area contributed by atoms with Crippen molar-refractivity contribution in [2.75, 3.05) is 12.3 Å². The van der Waals surface area contributed by atoms with E-state index in [9.17, 15) is 0 Å². The standard InChI is InChI=1S/C11H14N4O/c12-11-8-4-5-13-7-9(8)15(14-11)10-3-1-2-6-16-10/h4-5,7,10H,1-3,6H2,(H2,12,14). The lowest BCUT2D eigenvalue weighted by atomic mass is 10.2. The van der Waals surface area contributed by atoms with E-state index in [1.54, 1.807) is 12.4 Å². The van der Waals surface area contributed by atoms with Gasteiger partial charge in [0.1, 0.15) is 0 Å². The number of nitrogen functional groups attached to an aromatic ring is 1. The number of rotatable bonds is 1. The zero-order chi connectivity index (χ0) is 11.0. The summed E-state index contributed by atoms with van der Waals surface area (Å²) in [5.41, 5.74) is 6.82. The van der Waals surface area contributed by atoms with E-state index in [0.717, 1.165) is 30.4 Å². The lowest BCUT2D eigenvalue weighted by molar-refractivity contribution is -0.0365. The molecule has 1 aliphatic rings. The van der Waals surface area contributed by atoms with Gasteiger partial charge in [-0.2, -0.15) is 5.10 Å². The minimum Gasteiger partial charge on any atom is -0.382 e. The molecule has 2 aromatic heterocycles. The summed E-state index contributed by atoms with van der Waals surface area (Å²) in [6.45, 7) is 0.798. The van der Waals surface area contributed by atoms with Crippen LogP contribution < -0.4 is 5.73 Å². The predicted molar refractivity (Wildman–Crippen MR) is 60.8 cm³/mol. The van der Waals surface area contributed by atoms with Crippen molar-refractivity contribution in [3.63, 3.8) is 0 Å². The minimum absolute atomic E-state index is 0.0118. The van der Waals surface area contributed by atoms with Crippen molar-refractivity contribution < 1.29 is 4.74 Å². The molecule has 0 spiro atoms. The van der Waals surface area contributed by atoms with Crippen LogP contribution in [0.1, 0.15) is 25.5 Å². The normalized spacial score (nSPS) is 21.4. The third-order valence-electron chi connectivity index (χ3n) is 2.97. The van der Waals surface area contributed by atoms with Gasteiger partial charge in [0.15, 0.2) is 12.0 Å². The summed E-state index contributed by atoms with van der Waals surface area (Å²) in [5, 5.41) is 5.29. The van der Waals surface area contributed by atoms with E-state index in [1.165, 1.54) is 6.42 Å². The molecule has 1 saturated heterocycles. The largest absolute Gasteiger partial charge is 0.382 e. The zero-order valence-electron chi connectivity index (χ0n) is 8.97. The highest BCUT2D eigenvalue weighted by atomic mass is 16.5. The van der Waals surface area contributed by atoms with Crippen LogP contribution in [0.4, 0.5) is 5.82 Å². The lowest BCUT2D eigenvalue weighted by Gasteiger charge is -2.23. The third kappa shape index (κ3) is 1.44. The average molecular weight is 218 g/mol. The highest BCUT2D eigenvalue weighted by Gasteiger charge is 2.19. The summed E-state index contributed by atoms with van der Waals surface area (Å²) >= 11 is 0. The number of ether oxygens (including phenoxy) is 1. The summed E-state index contributed by atoms with van der Waals surface area (Å²) < 4.78 is 7.56. The van der Waals surface area contributed by atoms with Crippen molar-refractivity contribution in [1.82, 2.24) is 14.8 Å². The Balaban J connectivity index is 2.08. The summed E-state index contributed by atoms with van der Waals surface area (Å²) in [4.78, 5) is 4.11. The highest BCUT2D eigenvalue weighted by Crippen LogP contribution is 2.28. The van der Waals surface area contributed by atoms with Gasteiger partial charge in [-0.05, 0) is 25.3 Å². The molecule has 0 amide bonds. The molecule has 5 nitrogen and oxygen atoms in total. The molecular weight excluding hydrogens is 204 g/mol. The van der Waals surface area contributed by atoms with Crippen LogP contribution >= 0.6 is 0 Å². The van der Waals surface area contributed by atoms with Gasteiger partial charge in [-0.15, -0.1) is 0 Å². The summed E-state index contributed by atoms with van der Waals surface area (Å²) in [5.74, 6) is 0.548. The number of aromatic nitrogens is 3. The number of fused-ring (bicyclic) bond motifs is 1. The molecule has 0 aliphatic carbocycles. The monoisotopic (exact) mass is 218 g/mol. The average Bonchev–Trinajstić information content (AvgIpc) is 2.69. The van der Waals surface area contributed by atoms with Gasteiger partial charge in [0, 0.05) is 18.2 Å². The molecule has 0 aromatic carbocycles. The van der Waals surface area contributed by atoms with E-state index < -0.39 is 0 Å². The number of hydrogen-bond donors (Lipinski definition) is 1. The Hall–Kier alpha value is -1.62. The fourth-order valence-corrected chi connectivity index (χ4v) is 2.15. The fraction of sp³-hybridized carbons (Fsp3) is 0.455. The molecular formula is C11H14N4O. The van der Waals surface area contributed by atoms with Gasteiger partial charge in [0.25, 0.3) is 0 Å². The molecule has 2 N–H and O–H groups in total. The SMILES string of the molecule is Nc1nn(C2CCCCO2)c2cnccc12. The van der Waals surface area contributed by atoms with E-state index in [0.29, 0.717) is 5.82 Å². The maximum atomic E-state index is 5.87. The van der Waals surface area contributed by atoms with Crippen molar-refractivity contribution in [2.24, 2.45) is 0 Å². The van der Waals surface area contributed by atoms with E-state index in [-0.39, 0.29) is 6.23 Å². The van der Waals surface area contributed by atoms with Crippen LogP contribution in [0.15, 0.2) is 18.5 Å².